The lowest BCUT2D eigenvalue weighted by atomic mass is 10.2. The fourth-order valence-electron chi connectivity index (χ4n) is 1.66. The van der Waals surface area contributed by atoms with Crippen molar-refractivity contribution < 1.29 is 13.2 Å². The van der Waals surface area contributed by atoms with Gasteiger partial charge >= 0.3 is 0 Å². The van der Waals surface area contributed by atoms with Gasteiger partial charge in [-0.15, -0.1) is 6.42 Å². The summed E-state index contributed by atoms with van der Waals surface area (Å²) in [7, 11) is -3.74. The molecule has 0 bridgehead atoms. The van der Waals surface area contributed by atoms with E-state index in [-0.39, 0.29) is 17.0 Å². The highest BCUT2D eigenvalue weighted by molar-refractivity contribution is 7.89. The van der Waals surface area contributed by atoms with Gasteiger partial charge < -0.3 is 5.32 Å². The van der Waals surface area contributed by atoms with Gasteiger partial charge in [0.2, 0.25) is 10.0 Å². The lowest BCUT2D eigenvalue weighted by Gasteiger charge is -2.07. The molecule has 1 aromatic heterocycles. The molecule has 22 heavy (non-hydrogen) atoms. The topological polar surface area (TPSA) is 88.2 Å². The Hall–Kier alpha value is -2.69. The Bertz CT molecular complexity index is 811. The van der Waals surface area contributed by atoms with Crippen molar-refractivity contribution in [2.24, 2.45) is 0 Å². The molecule has 0 radical (unpaired) electrons. The van der Waals surface area contributed by atoms with Crippen LogP contribution in [0.3, 0.4) is 0 Å². The fourth-order valence-corrected chi connectivity index (χ4v) is 2.64. The number of hydrogen-bond donors (Lipinski definition) is 2. The summed E-state index contributed by atoms with van der Waals surface area (Å²) in [6.45, 7) is -0.117. The number of nitrogens with one attached hydrogen (secondary N) is 2. The molecule has 2 aromatic rings. The van der Waals surface area contributed by atoms with Crippen molar-refractivity contribution in [1.29, 1.82) is 0 Å². The third kappa shape index (κ3) is 3.91. The van der Waals surface area contributed by atoms with E-state index in [1.54, 1.807) is 18.3 Å². The van der Waals surface area contributed by atoms with Crippen molar-refractivity contribution in [2.75, 3.05) is 11.9 Å². The molecular formula is C15H13N3O3S. The molecule has 2 N–H and O–H groups in total. The Morgan fingerprint density at radius 2 is 2.09 bits per heavy atom. The zero-order valence-electron chi connectivity index (χ0n) is 11.5. The second-order valence-electron chi connectivity index (χ2n) is 4.25. The largest absolute Gasteiger partial charge is 0.321 e. The van der Waals surface area contributed by atoms with E-state index in [1.165, 1.54) is 30.5 Å². The molecule has 0 saturated carbocycles. The zero-order valence-corrected chi connectivity index (χ0v) is 12.3. The smallest absolute Gasteiger partial charge is 0.255 e. The highest BCUT2D eigenvalue weighted by Gasteiger charge is 2.15. The molecule has 0 aliphatic rings. The zero-order chi connectivity index (χ0) is 16.0. The predicted octanol–water partition coefficient (Wildman–Crippen LogP) is 1.25. The number of sulfonamides is 1. The maximum absolute atomic E-state index is 12.1. The number of hydrogen-bond acceptors (Lipinski definition) is 4. The van der Waals surface area contributed by atoms with Gasteiger partial charge in [0.15, 0.2) is 0 Å². The maximum atomic E-state index is 12.1. The van der Waals surface area contributed by atoms with Crippen LogP contribution in [-0.4, -0.2) is 25.9 Å². The molecule has 0 saturated heterocycles. The Morgan fingerprint density at radius 3 is 2.77 bits per heavy atom. The number of benzene rings is 1. The number of terminal acetylenes is 1. The molecule has 0 unspecified atom stereocenters. The monoisotopic (exact) mass is 315 g/mol. The first-order valence-corrected chi connectivity index (χ1v) is 7.76. The van der Waals surface area contributed by atoms with Gasteiger partial charge in [0.1, 0.15) is 0 Å². The maximum Gasteiger partial charge on any atom is 0.255 e. The Morgan fingerprint density at radius 1 is 1.27 bits per heavy atom. The first-order chi connectivity index (χ1) is 10.5. The first-order valence-electron chi connectivity index (χ1n) is 6.27. The van der Waals surface area contributed by atoms with Gasteiger partial charge in [0.25, 0.3) is 5.91 Å². The van der Waals surface area contributed by atoms with Crippen LogP contribution in [0.1, 0.15) is 10.4 Å². The first kappa shape index (κ1) is 15.7. The van der Waals surface area contributed by atoms with Gasteiger partial charge in [-0.2, -0.15) is 4.72 Å². The number of carbonyl (C=O) groups is 1. The van der Waals surface area contributed by atoms with E-state index < -0.39 is 15.9 Å². The van der Waals surface area contributed by atoms with Crippen molar-refractivity contribution in [3.8, 4) is 12.3 Å². The lowest BCUT2D eigenvalue weighted by Crippen LogP contribution is -2.24. The summed E-state index contributed by atoms with van der Waals surface area (Å²) >= 11 is 0. The van der Waals surface area contributed by atoms with Crippen LogP contribution in [-0.2, 0) is 10.0 Å². The van der Waals surface area contributed by atoms with Crippen molar-refractivity contribution in [2.45, 2.75) is 4.90 Å². The highest BCUT2D eigenvalue weighted by atomic mass is 32.2. The molecule has 2 rings (SSSR count). The molecular weight excluding hydrogens is 302 g/mol. The minimum atomic E-state index is -3.74. The molecule has 0 fully saturated rings. The molecule has 7 heteroatoms. The molecule has 0 aliphatic heterocycles. The van der Waals surface area contributed by atoms with Crippen molar-refractivity contribution in [1.82, 2.24) is 9.71 Å². The van der Waals surface area contributed by atoms with Gasteiger partial charge in [0.05, 0.1) is 23.3 Å². The molecule has 1 heterocycles. The highest BCUT2D eigenvalue weighted by Crippen LogP contribution is 2.13. The normalized spacial score (nSPS) is 10.7. The number of anilines is 1. The van der Waals surface area contributed by atoms with Crippen molar-refractivity contribution >= 4 is 21.6 Å². The summed E-state index contributed by atoms with van der Waals surface area (Å²) in [4.78, 5) is 16.0. The van der Waals surface area contributed by atoms with Crippen LogP contribution < -0.4 is 10.0 Å². The second-order valence-corrected chi connectivity index (χ2v) is 6.02. The average molecular weight is 315 g/mol. The third-order valence-corrected chi connectivity index (χ3v) is 4.09. The van der Waals surface area contributed by atoms with Gasteiger partial charge in [-0.1, -0.05) is 12.0 Å². The summed E-state index contributed by atoms with van der Waals surface area (Å²) in [5.41, 5.74) is 0.735. The minimum absolute atomic E-state index is 0.0263. The van der Waals surface area contributed by atoms with Crippen LogP contribution in [0.15, 0.2) is 53.7 Å². The standard InChI is InChI=1S/C15H13N3O3S/c1-2-8-17-22(20,21)14-7-3-5-12(10-14)15(19)18-13-6-4-9-16-11-13/h1,3-7,9-11,17H,8H2,(H,18,19). The van der Waals surface area contributed by atoms with Crippen molar-refractivity contribution in [3.63, 3.8) is 0 Å². The number of pyridine rings is 1. The SMILES string of the molecule is C#CCNS(=O)(=O)c1cccc(C(=O)Nc2cccnc2)c1. The number of aromatic nitrogens is 1. The minimum Gasteiger partial charge on any atom is -0.321 e. The van der Waals surface area contributed by atoms with Crippen LogP contribution in [0.25, 0.3) is 0 Å². The van der Waals surface area contributed by atoms with Crippen LogP contribution >= 0.6 is 0 Å². The number of carbonyl (C=O) groups excluding carboxylic acids is 1. The van der Waals surface area contributed by atoms with Gasteiger partial charge in [-0.25, -0.2) is 8.42 Å². The van der Waals surface area contributed by atoms with Crippen molar-refractivity contribution in [3.05, 3.63) is 54.4 Å². The predicted molar refractivity (Wildman–Crippen MR) is 82.7 cm³/mol. The van der Waals surface area contributed by atoms with Crippen LogP contribution in [0.5, 0.6) is 0 Å². The quantitative estimate of drug-likeness (QED) is 0.813. The van der Waals surface area contributed by atoms with E-state index in [4.69, 9.17) is 6.42 Å². The van der Waals surface area contributed by atoms with E-state index in [2.05, 4.69) is 20.9 Å². The number of amides is 1. The van der Waals surface area contributed by atoms with E-state index in [1.807, 2.05) is 0 Å². The van der Waals surface area contributed by atoms with Crippen LogP contribution in [0.4, 0.5) is 5.69 Å². The van der Waals surface area contributed by atoms with E-state index in [0.717, 1.165) is 0 Å². The Labute approximate surface area is 128 Å². The van der Waals surface area contributed by atoms with Gasteiger partial charge in [-0.05, 0) is 30.3 Å². The Balaban J connectivity index is 2.21. The summed E-state index contributed by atoms with van der Waals surface area (Å²) < 4.78 is 26.2. The van der Waals surface area contributed by atoms with Crippen LogP contribution in [0.2, 0.25) is 0 Å². The Kier molecular flexibility index (Phi) is 4.88. The molecule has 1 aromatic carbocycles. The molecule has 0 spiro atoms. The second kappa shape index (κ2) is 6.85. The fraction of sp³-hybridized carbons (Fsp3) is 0.0667. The number of rotatable bonds is 5. The summed E-state index contributed by atoms with van der Waals surface area (Å²) in [6.07, 6.45) is 8.11. The van der Waals surface area contributed by atoms with Crippen LogP contribution in [0, 0.1) is 12.3 Å². The summed E-state index contributed by atoms with van der Waals surface area (Å²) in [6, 6.07) is 9.04. The van der Waals surface area contributed by atoms with Gasteiger partial charge in [0, 0.05) is 11.8 Å². The van der Waals surface area contributed by atoms with E-state index in [0.29, 0.717) is 5.69 Å². The number of nitrogens with zero attached hydrogens (tertiary/aromatic N) is 1. The van der Waals surface area contributed by atoms with Gasteiger partial charge in [-0.3, -0.25) is 9.78 Å². The molecule has 0 aliphatic carbocycles. The average Bonchev–Trinajstić information content (AvgIpc) is 2.54. The summed E-state index contributed by atoms with van der Waals surface area (Å²) in [5, 5.41) is 2.63. The molecule has 112 valence electrons. The van der Waals surface area contributed by atoms with E-state index >= 15 is 0 Å². The third-order valence-electron chi connectivity index (χ3n) is 2.69. The summed E-state index contributed by atoms with van der Waals surface area (Å²) in [5.74, 6) is 1.76. The molecule has 0 atom stereocenters. The lowest BCUT2D eigenvalue weighted by molar-refractivity contribution is 0.102. The molecule has 1 amide bonds. The molecule has 6 nitrogen and oxygen atoms in total. The van der Waals surface area contributed by atoms with E-state index in [9.17, 15) is 13.2 Å².